The Balaban J connectivity index is 0.00000324. The maximum absolute atomic E-state index is 12.1. The number of benzene rings is 2. The van der Waals surface area contributed by atoms with E-state index in [0.29, 0.717) is 12.2 Å². The molecule has 1 aromatic heterocycles. The second kappa shape index (κ2) is 11.8. The van der Waals surface area contributed by atoms with Gasteiger partial charge in [-0.1, -0.05) is 12.1 Å². The zero-order valence-corrected chi connectivity index (χ0v) is 21.8. The number of carbonyl (C=O) groups is 1. The van der Waals surface area contributed by atoms with Crippen LogP contribution in [0.4, 0.5) is 5.69 Å². The molecule has 0 aliphatic carbocycles. The molecule has 0 unspecified atom stereocenters. The van der Waals surface area contributed by atoms with E-state index in [2.05, 4.69) is 26.6 Å². The standard InChI is InChI=1S/C25H28N4O4.HI/c1-26-25(29-11-10-18-13-22(31-2)23(32-3)14-19(18)16-29)27-15-17-6-8-20(9-7-17)28-24(30)21-5-4-12-33-21;/h4-9,12-14H,10-11,15-16H2,1-3H3,(H,26,27)(H,28,30);1H. The highest BCUT2D eigenvalue weighted by Gasteiger charge is 2.21. The maximum Gasteiger partial charge on any atom is 0.291 e. The number of methoxy groups -OCH3 is 2. The van der Waals surface area contributed by atoms with E-state index < -0.39 is 0 Å². The molecule has 0 saturated heterocycles. The minimum atomic E-state index is -0.272. The minimum absolute atomic E-state index is 0. The number of nitrogens with one attached hydrogen (secondary N) is 2. The predicted molar refractivity (Wildman–Crippen MR) is 142 cm³/mol. The zero-order chi connectivity index (χ0) is 23.2. The number of fused-ring (bicyclic) bond motifs is 1. The molecule has 0 bridgehead atoms. The number of rotatable bonds is 6. The summed E-state index contributed by atoms with van der Waals surface area (Å²) < 4.78 is 16.0. The summed E-state index contributed by atoms with van der Waals surface area (Å²) in [4.78, 5) is 18.8. The van der Waals surface area contributed by atoms with Crippen LogP contribution >= 0.6 is 24.0 Å². The molecule has 1 aliphatic rings. The van der Waals surface area contributed by atoms with Crippen molar-refractivity contribution in [1.82, 2.24) is 10.2 Å². The number of aliphatic imine (C=N–C) groups is 1. The molecule has 0 spiro atoms. The smallest absolute Gasteiger partial charge is 0.291 e. The first-order valence-electron chi connectivity index (χ1n) is 10.7. The van der Waals surface area contributed by atoms with Gasteiger partial charge in [-0.3, -0.25) is 9.79 Å². The Labute approximate surface area is 216 Å². The molecule has 0 atom stereocenters. The van der Waals surface area contributed by atoms with Gasteiger partial charge in [-0.15, -0.1) is 24.0 Å². The van der Waals surface area contributed by atoms with Gasteiger partial charge in [-0.25, -0.2) is 0 Å². The third-order valence-corrected chi connectivity index (χ3v) is 5.64. The van der Waals surface area contributed by atoms with Crippen LogP contribution in [0, 0.1) is 0 Å². The van der Waals surface area contributed by atoms with Crippen LogP contribution in [0.15, 0.2) is 64.2 Å². The molecule has 1 aliphatic heterocycles. The van der Waals surface area contributed by atoms with E-state index in [1.54, 1.807) is 33.4 Å². The van der Waals surface area contributed by atoms with Crippen molar-refractivity contribution in [2.75, 3.05) is 33.1 Å². The van der Waals surface area contributed by atoms with Crippen LogP contribution in [0.1, 0.15) is 27.2 Å². The van der Waals surface area contributed by atoms with Crippen molar-refractivity contribution >= 4 is 41.5 Å². The van der Waals surface area contributed by atoms with E-state index in [-0.39, 0.29) is 35.6 Å². The highest BCUT2D eigenvalue weighted by molar-refractivity contribution is 14.0. The molecular weight excluding hydrogens is 547 g/mol. The van der Waals surface area contributed by atoms with Gasteiger partial charge in [0.15, 0.2) is 23.2 Å². The van der Waals surface area contributed by atoms with Crippen molar-refractivity contribution in [3.8, 4) is 11.5 Å². The van der Waals surface area contributed by atoms with E-state index in [1.165, 1.54) is 17.4 Å². The number of halogens is 1. The lowest BCUT2D eigenvalue weighted by molar-refractivity contribution is 0.0996. The first-order chi connectivity index (χ1) is 16.1. The van der Waals surface area contributed by atoms with E-state index in [9.17, 15) is 4.79 Å². The van der Waals surface area contributed by atoms with E-state index in [1.807, 2.05) is 30.3 Å². The summed E-state index contributed by atoms with van der Waals surface area (Å²) in [6.45, 7) is 2.22. The Hall–Kier alpha value is -3.21. The van der Waals surface area contributed by atoms with Crippen LogP contribution in [-0.2, 0) is 19.5 Å². The normalized spacial score (nSPS) is 12.9. The molecule has 2 N–H and O–H groups in total. The number of carbonyl (C=O) groups excluding carboxylic acids is 1. The number of nitrogens with zero attached hydrogens (tertiary/aromatic N) is 2. The molecule has 3 aromatic rings. The average molecular weight is 576 g/mol. The van der Waals surface area contributed by atoms with E-state index in [0.717, 1.165) is 42.5 Å². The minimum Gasteiger partial charge on any atom is -0.493 e. The second-order valence-electron chi connectivity index (χ2n) is 7.68. The average Bonchev–Trinajstić information content (AvgIpc) is 3.39. The number of amides is 1. The van der Waals surface area contributed by atoms with Gasteiger partial charge in [0.1, 0.15) is 0 Å². The number of ether oxygens (including phenoxy) is 2. The third-order valence-electron chi connectivity index (χ3n) is 5.64. The molecule has 34 heavy (non-hydrogen) atoms. The highest BCUT2D eigenvalue weighted by Crippen LogP contribution is 2.33. The van der Waals surface area contributed by atoms with Crippen molar-refractivity contribution in [2.24, 2.45) is 4.99 Å². The summed E-state index contributed by atoms with van der Waals surface area (Å²) in [5.41, 5.74) is 4.27. The molecule has 8 nitrogen and oxygen atoms in total. The molecule has 180 valence electrons. The van der Waals surface area contributed by atoms with Crippen molar-refractivity contribution in [1.29, 1.82) is 0 Å². The molecule has 4 rings (SSSR count). The lowest BCUT2D eigenvalue weighted by atomic mass is 9.99. The first kappa shape index (κ1) is 25.4. The summed E-state index contributed by atoms with van der Waals surface area (Å²) in [5.74, 6) is 2.34. The summed E-state index contributed by atoms with van der Waals surface area (Å²) in [7, 11) is 5.10. The van der Waals surface area contributed by atoms with Gasteiger partial charge in [-0.05, 0) is 59.5 Å². The molecule has 0 saturated carbocycles. The number of hydrogen-bond donors (Lipinski definition) is 2. The molecule has 2 aromatic carbocycles. The van der Waals surface area contributed by atoms with Crippen molar-refractivity contribution in [3.63, 3.8) is 0 Å². The van der Waals surface area contributed by atoms with E-state index >= 15 is 0 Å². The number of hydrogen-bond acceptors (Lipinski definition) is 5. The second-order valence-corrected chi connectivity index (χ2v) is 7.68. The van der Waals surface area contributed by atoms with Gasteiger partial charge in [-0.2, -0.15) is 0 Å². The van der Waals surface area contributed by atoms with Crippen LogP contribution in [0.25, 0.3) is 0 Å². The monoisotopic (exact) mass is 576 g/mol. The fourth-order valence-electron chi connectivity index (χ4n) is 3.88. The van der Waals surface area contributed by atoms with Crippen molar-refractivity contribution < 1.29 is 18.7 Å². The summed E-state index contributed by atoms with van der Waals surface area (Å²) in [5, 5.41) is 6.26. The topological polar surface area (TPSA) is 88.3 Å². The predicted octanol–water partition coefficient (Wildman–Crippen LogP) is 4.30. The lowest BCUT2D eigenvalue weighted by Crippen LogP contribution is -2.43. The van der Waals surface area contributed by atoms with Gasteiger partial charge in [0.2, 0.25) is 0 Å². The SMILES string of the molecule is CN=C(NCc1ccc(NC(=O)c2ccco2)cc1)N1CCc2cc(OC)c(OC)cc2C1.I. The van der Waals surface area contributed by atoms with E-state index in [4.69, 9.17) is 13.9 Å². The Morgan fingerprint density at radius 2 is 1.79 bits per heavy atom. The first-order valence-corrected chi connectivity index (χ1v) is 10.7. The summed E-state index contributed by atoms with van der Waals surface area (Å²) in [6, 6.07) is 15.1. The van der Waals surface area contributed by atoms with Gasteiger partial charge in [0.25, 0.3) is 5.91 Å². The third kappa shape index (κ3) is 5.82. The quantitative estimate of drug-likeness (QED) is 0.259. The largest absolute Gasteiger partial charge is 0.493 e. The number of anilines is 1. The molecular formula is C25H29IN4O4. The van der Waals surface area contributed by atoms with Gasteiger partial charge in [0.05, 0.1) is 20.5 Å². The Morgan fingerprint density at radius 3 is 2.41 bits per heavy atom. The summed E-state index contributed by atoms with van der Waals surface area (Å²) in [6.07, 6.45) is 2.38. The molecule has 0 fully saturated rings. The van der Waals surface area contributed by atoms with Crippen LogP contribution in [0.5, 0.6) is 11.5 Å². The fraction of sp³-hybridized carbons (Fsp3) is 0.280. The molecule has 2 heterocycles. The van der Waals surface area contributed by atoms with Crippen LogP contribution in [0.2, 0.25) is 0 Å². The Morgan fingerprint density at radius 1 is 1.09 bits per heavy atom. The van der Waals surface area contributed by atoms with Crippen molar-refractivity contribution in [3.05, 3.63) is 77.2 Å². The van der Waals surface area contributed by atoms with Crippen LogP contribution in [0.3, 0.4) is 0 Å². The number of guanidine groups is 1. The van der Waals surface area contributed by atoms with Crippen LogP contribution < -0.4 is 20.1 Å². The molecule has 0 radical (unpaired) electrons. The Kier molecular flexibility index (Phi) is 8.80. The van der Waals surface area contributed by atoms with Gasteiger partial charge >= 0.3 is 0 Å². The fourth-order valence-corrected chi connectivity index (χ4v) is 3.88. The highest BCUT2D eigenvalue weighted by atomic mass is 127. The maximum atomic E-state index is 12.1. The number of furan rings is 1. The lowest BCUT2D eigenvalue weighted by Gasteiger charge is -2.32. The molecule has 9 heteroatoms. The molecule has 1 amide bonds. The van der Waals surface area contributed by atoms with Gasteiger partial charge in [0, 0.05) is 32.4 Å². The Bertz CT molecular complexity index is 1130. The van der Waals surface area contributed by atoms with Crippen LogP contribution in [-0.4, -0.2) is 44.6 Å². The van der Waals surface area contributed by atoms with Crippen molar-refractivity contribution in [2.45, 2.75) is 19.5 Å². The summed E-state index contributed by atoms with van der Waals surface area (Å²) >= 11 is 0. The van der Waals surface area contributed by atoms with Gasteiger partial charge < -0.3 is 29.4 Å². The zero-order valence-electron chi connectivity index (χ0n) is 19.5.